The third-order valence-electron chi connectivity index (χ3n) is 2.56. The number of hydrogen-bond acceptors (Lipinski definition) is 6. The monoisotopic (exact) mass is 294 g/mol. The van der Waals surface area contributed by atoms with E-state index in [0.29, 0.717) is 23.1 Å². The van der Waals surface area contributed by atoms with Crippen molar-refractivity contribution in [3.8, 4) is 0 Å². The normalized spacial score (nSPS) is 10.5. The van der Waals surface area contributed by atoms with E-state index in [2.05, 4.69) is 15.2 Å². The molecule has 2 aromatic rings. The number of nitrogen functional groups attached to an aromatic ring is 1. The lowest BCUT2D eigenvalue weighted by Crippen LogP contribution is -2.30. The van der Waals surface area contributed by atoms with Crippen molar-refractivity contribution in [2.24, 2.45) is 5.84 Å². The zero-order chi connectivity index (χ0) is 14.5. The number of aromatic amines is 1. The largest absolute Gasteiger partial charge is 0.343 e. The Kier molecular flexibility index (Phi) is 4.53. The Hall–Kier alpha value is -2.13. The first kappa shape index (κ1) is 14.3. The number of rotatable bonds is 5. The maximum atomic E-state index is 11.4. The molecule has 0 aliphatic carbocycles. The molecule has 0 radical (unpaired) electrons. The van der Waals surface area contributed by atoms with Gasteiger partial charge < -0.3 is 0 Å². The number of carbonyl (C=O) groups excluding carboxylic acids is 1. The molecule has 2 aromatic heterocycles. The number of nitrogens with zero attached hydrogens (tertiary/aromatic N) is 3. The van der Waals surface area contributed by atoms with E-state index in [1.165, 1.54) is 16.3 Å². The quantitative estimate of drug-likeness (QED) is 0.306. The molecule has 9 heteroatoms. The molecule has 0 aliphatic heterocycles. The van der Waals surface area contributed by atoms with Gasteiger partial charge in [0.2, 0.25) is 0 Å². The fraction of sp³-hybridized carbons (Fsp3) is 0.273. The first-order valence-corrected chi connectivity index (χ1v) is 6.89. The molecule has 0 unspecified atom stereocenters. The first-order valence-electron chi connectivity index (χ1n) is 5.90. The van der Waals surface area contributed by atoms with Gasteiger partial charge in [-0.05, 0) is 19.1 Å². The smallest absolute Gasteiger partial charge is 0.289 e. The van der Waals surface area contributed by atoms with Gasteiger partial charge in [0.1, 0.15) is 5.69 Å². The van der Waals surface area contributed by atoms with Gasteiger partial charge in [0.15, 0.2) is 5.16 Å². The van der Waals surface area contributed by atoms with Crippen LogP contribution in [0, 0.1) is 0 Å². The van der Waals surface area contributed by atoms with E-state index in [-0.39, 0.29) is 11.4 Å². The van der Waals surface area contributed by atoms with Crippen molar-refractivity contribution < 1.29 is 4.79 Å². The summed E-state index contributed by atoms with van der Waals surface area (Å²) in [4.78, 5) is 27.0. The fourth-order valence-electron chi connectivity index (χ4n) is 1.59. The minimum absolute atomic E-state index is 0.237. The second-order valence-electron chi connectivity index (χ2n) is 3.83. The predicted octanol–water partition coefficient (Wildman–Crippen LogP) is -0.118. The maximum absolute atomic E-state index is 11.4. The average Bonchev–Trinajstić information content (AvgIpc) is 2.84. The molecule has 0 saturated carbocycles. The summed E-state index contributed by atoms with van der Waals surface area (Å²) in [7, 11) is 0. The van der Waals surface area contributed by atoms with E-state index in [9.17, 15) is 9.59 Å². The summed E-state index contributed by atoms with van der Waals surface area (Å²) >= 11 is 1.37. The lowest BCUT2D eigenvalue weighted by Gasteiger charge is -2.04. The van der Waals surface area contributed by atoms with Crippen molar-refractivity contribution in [3.05, 3.63) is 40.1 Å². The number of pyridine rings is 1. The zero-order valence-electron chi connectivity index (χ0n) is 10.8. The number of thioether (sulfide) groups is 1. The molecule has 0 atom stereocenters. The highest BCUT2D eigenvalue weighted by Crippen LogP contribution is 2.18. The lowest BCUT2D eigenvalue weighted by molar-refractivity contribution is 0.0948. The molecule has 4 N–H and O–H groups in total. The summed E-state index contributed by atoms with van der Waals surface area (Å²) in [5.74, 6) is 5.12. The third kappa shape index (κ3) is 3.06. The van der Waals surface area contributed by atoms with Crippen LogP contribution in [0.4, 0.5) is 0 Å². The second kappa shape index (κ2) is 6.35. The molecular weight excluding hydrogens is 280 g/mol. The number of carbonyl (C=O) groups is 1. The Labute approximate surface area is 118 Å². The Morgan fingerprint density at radius 3 is 3.05 bits per heavy atom. The van der Waals surface area contributed by atoms with Gasteiger partial charge in [0, 0.05) is 12.3 Å². The van der Waals surface area contributed by atoms with Crippen LogP contribution in [0.3, 0.4) is 0 Å². The van der Waals surface area contributed by atoms with E-state index < -0.39 is 5.91 Å². The van der Waals surface area contributed by atoms with Crippen molar-refractivity contribution in [2.45, 2.75) is 24.4 Å². The van der Waals surface area contributed by atoms with Crippen molar-refractivity contribution in [3.63, 3.8) is 0 Å². The first-order chi connectivity index (χ1) is 9.65. The Morgan fingerprint density at radius 1 is 1.55 bits per heavy atom. The van der Waals surface area contributed by atoms with E-state index >= 15 is 0 Å². The molecule has 0 fully saturated rings. The minimum Gasteiger partial charge on any atom is -0.289 e. The van der Waals surface area contributed by atoms with E-state index in [1.54, 1.807) is 18.2 Å². The molecular formula is C11H14N6O2S. The summed E-state index contributed by atoms with van der Waals surface area (Å²) < 4.78 is 1.53. The Bertz CT molecular complexity index is 665. The highest BCUT2D eigenvalue weighted by Gasteiger charge is 2.09. The maximum Gasteiger partial charge on any atom is 0.343 e. The van der Waals surface area contributed by atoms with Crippen molar-refractivity contribution in [1.29, 1.82) is 0 Å². The van der Waals surface area contributed by atoms with E-state index in [4.69, 9.17) is 5.84 Å². The van der Waals surface area contributed by atoms with E-state index in [1.807, 2.05) is 12.3 Å². The molecule has 106 valence electrons. The van der Waals surface area contributed by atoms with Crippen LogP contribution in [-0.4, -0.2) is 25.7 Å². The van der Waals surface area contributed by atoms with Gasteiger partial charge in [0.05, 0.1) is 5.69 Å². The summed E-state index contributed by atoms with van der Waals surface area (Å²) in [5, 5.41) is 6.93. The van der Waals surface area contributed by atoms with Gasteiger partial charge in [-0.2, -0.15) is 0 Å². The highest BCUT2D eigenvalue weighted by molar-refractivity contribution is 7.98. The predicted molar refractivity (Wildman–Crippen MR) is 74.0 cm³/mol. The molecule has 0 bridgehead atoms. The summed E-state index contributed by atoms with van der Waals surface area (Å²) in [5.41, 5.74) is 2.75. The number of nitrogens with one attached hydrogen (secondary N) is 2. The minimum atomic E-state index is -0.443. The fourth-order valence-corrected chi connectivity index (χ4v) is 2.51. The number of aromatic nitrogens is 4. The van der Waals surface area contributed by atoms with Crippen molar-refractivity contribution in [2.75, 3.05) is 0 Å². The number of hydrazine groups is 1. The van der Waals surface area contributed by atoms with Gasteiger partial charge in [-0.15, -0.1) is 5.10 Å². The molecule has 1 amide bonds. The number of amides is 1. The molecule has 2 rings (SSSR count). The summed E-state index contributed by atoms with van der Waals surface area (Å²) in [6.45, 7) is 2.41. The van der Waals surface area contributed by atoms with Crippen LogP contribution in [0.25, 0.3) is 0 Å². The van der Waals surface area contributed by atoms with Gasteiger partial charge in [0.25, 0.3) is 5.91 Å². The summed E-state index contributed by atoms with van der Waals surface area (Å²) in [6, 6.07) is 5.10. The number of hydrogen-bond donors (Lipinski definition) is 3. The number of H-pyrrole nitrogens is 1. The van der Waals surface area contributed by atoms with Crippen LogP contribution in [0.2, 0.25) is 0 Å². The Morgan fingerprint density at radius 2 is 2.35 bits per heavy atom. The van der Waals surface area contributed by atoms with Crippen LogP contribution in [0.15, 0.2) is 28.2 Å². The molecule has 0 aliphatic rings. The Balaban J connectivity index is 2.11. The van der Waals surface area contributed by atoms with Gasteiger partial charge in [-0.25, -0.2) is 20.7 Å². The third-order valence-corrected chi connectivity index (χ3v) is 3.57. The van der Waals surface area contributed by atoms with Crippen molar-refractivity contribution >= 4 is 17.7 Å². The van der Waals surface area contributed by atoms with Crippen molar-refractivity contribution in [1.82, 2.24) is 25.2 Å². The van der Waals surface area contributed by atoms with Crippen LogP contribution in [0.5, 0.6) is 0 Å². The van der Waals surface area contributed by atoms with E-state index in [0.717, 1.165) is 0 Å². The standard InChI is InChI=1S/C11H14N6O2S/c1-2-17-10(19)15-16-11(17)20-6-7-4-3-5-8(13-7)9(18)14-12/h3-5H,2,6,12H2,1H3,(H,14,18)(H,15,19). The topological polar surface area (TPSA) is 119 Å². The average molecular weight is 294 g/mol. The van der Waals surface area contributed by atoms with Gasteiger partial charge in [-0.1, -0.05) is 17.8 Å². The molecule has 2 heterocycles. The van der Waals surface area contributed by atoms with Crippen LogP contribution in [0.1, 0.15) is 23.1 Å². The lowest BCUT2D eigenvalue weighted by atomic mass is 10.3. The van der Waals surface area contributed by atoms with Gasteiger partial charge in [-0.3, -0.25) is 14.8 Å². The van der Waals surface area contributed by atoms with Crippen LogP contribution >= 0.6 is 11.8 Å². The van der Waals surface area contributed by atoms with Gasteiger partial charge >= 0.3 is 5.69 Å². The summed E-state index contributed by atoms with van der Waals surface area (Å²) in [6.07, 6.45) is 0. The molecule has 0 saturated heterocycles. The zero-order valence-corrected chi connectivity index (χ0v) is 11.6. The number of nitrogens with two attached hydrogens (primary N) is 1. The highest BCUT2D eigenvalue weighted by atomic mass is 32.2. The molecule has 0 spiro atoms. The molecule has 8 nitrogen and oxygen atoms in total. The van der Waals surface area contributed by atoms with Crippen LogP contribution < -0.4 is 17.0 Å². The second-order valence-corrected chi connectivity index (χ2v) is 4.77. The van der Waals surface area contributed by atoms with Crippen LogP contribution in [-0.2, 0) is 12.3 Å². The SMILES string of the molecule is CCn1c(SCc2cccc(C(=O)NN)n2)n[nH]c1=O. The molecule has 20 heavy (non-hydrogen) atoms. The molecule has 0 aromatic carbocycles.